The number of aryl methyl sites for hydroxylation is 1. The van der Waals surface area contributed by atoms with Crippen molar-refractivity contribution in [2.45, 2.75) is 39.7 Å². The summed E-state index contributed by atoms with van der Waals surface area (Å²) in [6.45, 7) is 6.19. The van der Waals surface area contributed by atoms with E-state index in [2.05, 4.69) is 10.3 Å². The number of H-pyrrole nitrogens is 1. The summed E-state index contributed by atoms with van der Waals surface area (Å²) in [6, 6.07) is 3.34. The first-order valence-corrected chi connectivity index (χ1v) is 8.72. The van der Waals surface area contributed by atoms with Crippen LogP contribution in [0.15, 0.2) is 22.8 Å². The summed E-state index contributed by atoms with van der Waals surface area (Å²) >= 11 is 0. The fourth-order valence-corrected chi connectivity index (χ4v) is 3.55. The van der Waals surface area contributed by atoms with Crippen LogP contribution in [0.4, 0.5) is 0 Å². The highest BCUT2D eigenvalue weighted by Crippen LogP contribution is 2.20. The second-order valence-corrected chi connectivity index (χ2v) is 6.70. The molecule has 1 saturated heterocycles. The van der Waals surface area contributed by atoms with Crippen molar-refractivity contribution in [3.8, 4) is 0 Å². The Morgan fingerprint density at radius 1 is 1.23 bits per heavy atom. The summed E-state index contributed by atoms with van der Waals surface area (Å²) in [5.41, 5.74) is 2.40. The summed E-state index contributed by atoms with van der Waals surface area (Å²) in [5.74, 6) is -0.0580. The molecule has 0 unspecified atom stereocenters. The molecule has 3 heterocycles. The van der Waals surface area contributed by atoms with Crippen LogP contribution in [0.25, 0.3) is 0 Å². The van der Waals surface area contributed by atoms with E-state index in [0.717, 1.165) is 0 Å². The topological polar surface area (TPSA) is 95.4 Å². The van der Waals surface area contributed by atoms with E-state index >= 15 is 0 Å². The number of carbonyl (C=O) groups excluding carboxylic acids is 3. The molecule has 2 aromatic rings. The Morgan fingerprint density at radius 2 is 1.92 bits per heavy atom. The van der Waals surface area contributed by atoms with Crippen LogP contribution >= 0.6 is 0 Å². The lowest BCUT2D eigenvalue weighted by Gasteiger charge is -2.31. The molecule has 1 aliphatic heterocycles. The zero-order valence-electron chi connectivity index (χ0n) is 15.2. The molecule has 3 rings (SSSR count). The zero-order valence-corrected chi connectivity index (χ0v) is 15.2. The molecule has 2 aromatic heterocycles. The van der Waals surface area contributed by atoms with Crippen molar-refractivity contribution in [3.05, 3.63) is 46.7 Å². The first-order chi connectivity index (χ1) is 12.4. The SMILES string of the molecule is CC(=O)c1c(C)[nH]c(C(=O)NC2CCN(C(=O)c3ccco3)CC2)c1C. The Labute approximate surface area is 151 Å². The standard InChI is InChI=1S/C19H23N3O4/c1-11-16(13(3)23)12(2)20-17(11)18(24)21-14-6-8-22(9-7-14)19(25)15-5-4-10-26-15/h4-5,10,14,20H,6-9H2,1-3H3,(H,21,24). The highest BCUT2D eigenvalue weighted by atomic mass is 16.3. The molecule has 2 N–H and O–H groups in total. The monoisotopic (exact) mass is 357 g/mol. The number of hydrogen-bond donors (Lipinski definition) is 2. The maximum atomic E-state index is 12.6. The van der Waals surface area contributed by atoms with Gasteiger partial charge in [0.25, 0.3) is 11.8 Å². The number of hydrogen-bond acceptors (Lipinski definition) is 4. The number of nitrogens with zero attached hydrogens (tertiary/aromatic N) is 1. The van der Waals surface area contributed by atoms with Crippen molar-refractivity contribution >= 4 is 17.6 Å². The van der Waals surface area contributed by atoms with Gasteiger partial charge in [-0.25, -0.2) is 0 Å². The van der Waals surface area contributed by atoms with Gasteiger partial charge >= 0.3 is 0 Å². The average molecular weight is 357 g/mol. The predicted octanol–water partition coefficient (Wildman–Crippen LogP) is 2.46. The van der Waals surface area contributed by atoms with Crippen LogP contribution in [0.3, 0.4) is 0 Å². The molecule has 1 aliphatic rings. The number of rotatable bonds is 4. The number of likely N-dealkylation sites (tertiary alicyclic amines) is 1. The van der Waals surface area contributed by atoms with E-state index in [4.69, 9.17) is 4.42 Å². The molecule has 0 aromatic carbocycles. The number of aromatic amines is 1. The van der Waals surface area contributed by atoms with Crippen LogP contribution in [0.5, 0.6) is 0 Å². The highest BCUT2D eigenvalue weighted by molar-refractivity contribution is 6.02. The van der Waals surface area contributed by atoms with E-state index in [0.29, 0.717) is 54.2 Å². The highest BCUT2D eigenvalue weighted by Gasteiger charge is 2.27. The van der Waals surface area contributed by atoms with Gasteiger partial charge in [-0.2, -0.15) is 0 Å². The van der Waals surface area contributed by atoms with E-state index in [1.165, 1.54) is 13.2 Å². The Hall–Kier alpha value is -2.83. The largest absolute Gasteiger partial charge is 0.459 e. The van der Waals surface area contributed by atoms with E-state index in [9.17, 15) is 14.4 Å². The second kappa shape index (κ2) is 7.19. The minimum Gasteiger partial charge on any atom is -0.459 e. The molecule has 0 spiro atoms. The van der Waals surface area contributed by atoms with Crippen molar-refractivity contribution in [1.29, 1.82) is 0 Å². The van der Waals surface area contributed by atoms with Crippen molar-refractivity contribution in [3.63, 3.8) is 0 Å². The Bertz CT molecular complexity index is 827. The Kier molecular flexibility index (Phi) is 4.97. The molecule has 7 heteroatoms. The van der Waals surface area contributed by atoms with Crippen LogP contribution in [0.1, 0.15) is 62.4 Å². The molecular formula is C19H23N3O4. The average Bonchev–Trinajstić information content (AvgIpc) is 3.23. The second-order valence-electron chi connectivity index (χ2n) is 6.70. The van der Waals surface area contributed by atoms with Crippen LogP contribution in [0, 0.1) is 13.8 Å². The maximum absolute atomic E-state index is 12.6. The Balaban J connectivity index is 1.60. The van der Waals surface area contributed by atoms with Crippen LogP contribution in [-0.4, -0.2) is 46.6 Å². The molecule has 1 fully saturated rings. The number of amides is 2. The van der Waals surface area contributed by atoms with Gasteiger partial charge in [0.1, 0.15) is 5.69 Å². The van der Waals surface area contributed by atoms with Gasteiger partial charge in [0.2, 0.25) is 0 Å². The van der Waals surface area contributed by atoms with E-state index in [-0.39, 0.29) is 23.6 Å². The molecule has 0 bridgehead atoms. The quantitative estimate of drug-likeness (QED) is 0.822. The molecule has 26 heavy (non-hydrogen) atoms. The third kappa shape index (κ3) is 3.42. The molecule has 138 valence electrons. The third-order valence-corrected chi connectivity index (χ3v) is 4.87. The molecule has 2 amide bonds. The van der Waals surface area contributed by atoms with Crippen molar-refractivity contribution < 1.29 is 18.8 Å². The van der Waals surface area contributed by atoms with Gasteiger partial charge < -0.3 is 19.6 Å². The minimum absolute atomic E-state index is 0.00747. The number of nitrogens with one attached hydrogen (secondary N) is 2. The number of piperidine rings is 1. The molecule has 7 nitrogen and oxygen atoms in total. The lowest BCUT2D eigenvalue weighted by atomic mass is 10.0. The van der Waals surface area contributed by atoms with Gasteiger partial charge in [0, 0.05) is 30.4 Å². The normalized spacial score (nSPS) is 15.1. The lowest BCUT2D eigenvalue weighted by Crippen LogP contribution is -2.46. The summed E-state index contributed by atoms with van der Waals surface area (Å²) in [7, 11) is 0. The molecule has 0 atom stereocenters. The number of aromatic nitrogens is 1. The fourth-order valence-electron chi connectivity index (χ4n) is 3.55. The predicted molar refractivity (Wildman–Crippen MR) is 95.4 cm³/mol. The van der Waals surface area contributed by atoms with Crippen LogP contribution < -0.4 is 5.32 Å². The van der Waals surface area contributed by atoms with Gasteiger partial charge in [-0.05, 0) is 51.3 Å². The molecule has 0 saturated carbocycles. The first-order valence-electron chi connectivity index (χ1n) is 8.72. The van der Waals surface area contributed by atoms with E-state index in [1.807, 2.05) is 0 Å². The maximum Gasteiger partial charge on any atom is 0.289 e. The van der Waals surface area contributed by atoms with Gasteiger partial charge in [-0.15, -0.1) is 0 Å². The van der Waals surface area contributed by atoms with Crippen molar-refractivity contribution in [2.24, 2.45) is 0 Å². The molecule has 0 aliphatic carbocycles. The first kappa shape index (κ1) is 18.0. The number of furan rings is 1. The minimum atomic E-state index is -0.214. The summed E-state index contributed by atoms with van der Waals surface area (Å²) in [5, 5.41) is 3.01. The van der Waals surface area contributed by atoms with Gasteiger partial charge in [-0.3, -0.25) is 14.4 Å². The summed E-state index contributed by atoms with van der Waals surface area (Å²) in [4.78, 5) is 41.3. The van der Waals surface area contributed by atoms with Gasteiger partial charge in [0.15, 0.2) is 11.5 Å². The zero-order chi connectivity index (χ0) is 18.8. The summed E-state index contributed by atoms with van der Waals surface area (Å²) in [6.07, 6.45) is 2.84. The van der Waals surface area contributed by atoms with Crippen LogP contribution in [-0.2, 0) is 0 Å². The fraction of sp³-hybridized carbons (Fsp3) is 0.421. The lowest BCUT2D eigenvalue weighted by molar-refractivity contribution is 0.0667. The van der Waals surface area contributed by atoms with Gasteiger partial charge in [-0.1, -0.05) is 0 Å². The van der Waals surface area contributed by atoms with E-state index < -0.39 is 0 Å². The number of ketones is 1. The smallest absolute Gasteiger partial charge is 0.289 e. The Morgan fingerprint density at radius 3 is 2.46 bits per heavy atom. The third-order valence-electron chi connectivity index (χ3n) is 4.87. The van der Waals surface area contributed by atoms with Gasteiger partial charge in [0.05, 0.1) is 6.26 Å². The van der Waals surface area contributed by atoms with E-state index in [1.54, 1.807) is 30.9 Å². The van der Waals surface area contributed by atoms with Crippen molar-refractivity contribution in [1.82, 2.24) is 15.2 Å². The van der Waals surface area contributed by atoms with Crippen LogP contribution in [0.2, 0.25) is 0 Å². The molecular weight excluding hydrogens is 334 g/mol. The number of Topliss-reactive ketones (excluding diaryl/α,β-unsaturated/α-hetero) is 1. The summed E-state index contributed by atoms with van der Waals surface area (Å²) < 4.78 is 5.15. The number of carbonyl (C=O) groups is 3. The molecule has 0 radical (unpaired) electrons. The van der Waals surface area contributed by atoms with Crippen molar-refractivity contribution in [2.75, 3.05) is 13.1 Å².